The fourth-order valence-electron chi connectivity index (χ4n) is 4.48. The zero-order valence-corrected chi connectivity index (χ0v) is 15.8. The minimum absolute atomic E-state index is 0.371. The molecule has 2 fully saturated rings. The van der Waals surface area contributed by atoms with E-state index in [1.165, 1.54) is 6.20 Å². The molecule has 0 bridgehead atoms. The lowest BCUT2D eigenvalue weighted by atomic mass is 10.0. The van der Waals surface area contributed by atoms with Gasteiger partial charge in [-0.2, -0.15) is 13.2 Å². The number of anilines is 2. The van der Waals surface area contributed by atoms with Crippen LogP contribution in [0, 0.1) is 11.8 Å². The van der Waals surface area contributed by atoms with Gasteiger partial charge in [-0.25, -0.2) is 15.0 Å². The molecule has 0 saturated carbocycles. The highest BCUT2D eigenvalue weighted by Gasteiger charge is 2.42. The first-order chi connectivity index (χ1) is 13.9. The van der Waals surface area contributed by atoms with Crippen LogP contribution in [-0.4, -0.2) is 50.7 Å². The van der Waals surface area contributed by atoms with Crippen LogP contribution >= 0.6 is 0 Å². The van der Waals surface area contributed by atoms with Gasteiger partial charge in [-0.05, 0) is 19.1 Å². The van der Waals surface area contributed by atoms with Gasteiger partial charge in [0.05, 0.1) is 6.33 Å². The molecule has 3 aromatic heterocycles. The second-order valence-corrected chi connectivity index (χ2v) is 7.63. The summed E-state index contributed by atoms with van der Waals surface area (Å²) in [5, 5.41) is 0. The number of aryl methyl sites for hydroxylation is 1. The van der Waals surface area contributed by atoms with Crippen LogP contribution in [0.5, 0.6) is 0 Å². The number of imidazole rings is 1. The zero-order valence-electron chi connectivity index (χ0n) is 15.8. The van der Waals surface area contributed by atoms with Crippen molar-refractivity contribution in [3.63, 3.8) is 0 Å². The molecular formula is C19H20F3N7. The Morgan fingerprint density at radius 3 is 2.41 bits per heavy atom. The molecule has 2 unspecified atom stereocenters. The molecule has 2 saturated heterocycles. The van der Waals surface area contributed by atoms with Crippen LogP contribution in [-0.2, 0) is 12.7 Å². The fourth-order valence-corrected chi connectivity index (χ4v) is 4.48. The maximum atomic E-state index is 13.0. The highest BCUT2D eigenvalue weighted by Crippen LogP contribution is 2.38. The van der Waals surface area contributed by atoms with Crippen LogP contribution in [0.4, 0.5) is 24.7 Å². The lowest BCUT2D eigenvalue weighted by Crippen LogP contribution is -2.29. The number of halogens is 3. The molecule has 0 radical (unpaired) electrons. The van der Waals surface area contributed by atoms with E-state index >= 15 is 0 Å². The topological polar surface area (TPSA) is 63.0 Å². The summed E-state index contributed by atoms with van der Waals surface area (Å²) in [5.41, 5.74) is 1.37. The van der Waals surface area contributed by atoms with Crippen LogP contribution in [0.25, 0.3) is 11.2 Å². The maximum absolute atomic E-state index is 13.0. The number of nitrogens with zero attached hydrogens (tertiary/aromatic N) is 7. The molecule has 29 heavy (non-hydrogen) atoms. The molecule has 0 amide bonds. The molecule has 2 aliphatic heterocycles. The van der Waals surface area contributed by atoms with Crippen molar-refractivity contribution in [3.05, 3.63) is 36.7 Å². The summed E-state index contributed by atoms with van der Waals surface area (Å²) < 4.78 is 40.9. The molecule has 10 heteroatoms. The Kier molecular flexibility index (Phi) is 4.11. The van der Waals surface area contributed by atoms with Crippen LogP contribution in [0.2, 0.25) is 0 Å². The first-order valence-corrected chi connectivity index (χ1v) is 9.63. The highest BCUT2D eigenvalue weighted by atomic mass is 19.4. The van der Waals surface area contributed by atoms with E-state index in [9.17, 15) is 13.2 Å². The van der Waals surface area contributed by atoms with E-state index in [1.54, 1.807) is 18.7 Å². The normalized spacial score (nSPS) is 21.9. The minimum Gasteiger partial charge on any atom is -0.371 e. The SMILES string of the molecule is CCn1cnc2c(N3CC4CN(c5ccnc(C(F)(F)F)c5)CC4C3)ncnc21. The van der Waals surface area contributed by atoms with Crippen molar-refractivity contribution in [2.24, 2.45) is 11.8 Å². The summed E-state index contributed by atoms with van der Waals surface area (Å²) >= 11 is 0. The number of hydrogen-bond acceptors (Lipinski definition) is 6. The van der Waals surface area contributed by atoms with E-state index in [-0.39, 0.29) is 0 Å². The van der Waals surface area contributed by atoms with Gasteiger partial charge in [-0.1, -0.05) is 0 Å². The predicted octanol–water partition coefficient (Wildman–Crippen LogP) is 2.83. The summed E-state index contributed by atoms with van der Waals surface area (Å²) in [6.45, 7) is 5.90. The monoisotopic (exact) mass is 403 g/mol. The average molecular weight is 403 g/mol. The molecular weight excluding hydrogens is 383 g/mol. The Labute approximate surface area is 165 Å². The van der Waals surface area contributed by atoms with E-state index in [1.807, 2.05) is 16.4 Å². The molecule has 0 N–H and O–H groups in total. The van der Waals surface area contributed by atoms with Gasteiger partial charge >= 0.3 is 6.18 Å². The summed E-state index contributed by atoms with van der Waals surface area (Å²) in [6, 6.07) is 2.80. The van der Waals surface area contributed by atoms with Crippen molar-refractivity contribution in [2.45, 2.75) is 19.6 Å². The minimum atomic E-state index is -4.43. The number of pyridine rings is 1. The Morgan fingerprint density at radius 2 is 1.72 bits per heavy atom. The zero-order chi connectivity index (χ0) is 20.2. The molecule has 0 spiro atoms. The third kappa shape index (κ3) is 3.06. The van der Waals surface area contributed by atoms with Gasteiger partial charge in [0.2, 0.25) is 0 Å². The third-order valence-electron chi connectivity index (χ3n) is 5.91. The van der Waals surface area contributed by atoms with Gasteiger partial charge < -0.3 is 14.4 Å². The second-order valence-electron chi connectivity index (χ2n) is 7.63. The summed E-state index contributed by atoms with van der Waals surface area (Å²) in [6.07, 6.45) is 0.160. The van der Waals surface area contributed by atoms with Crippen molar-refractivity contribution in [2.75, 3.05) is 36.0 Å². The van der Waals surface area contributed by atoms with Gasteiger partial charge in [-0.15, -0.1) is 0 Å². The molecule has 0 aromatic carbocycles. The van der Waals surface area contributed by atoms with Gasteiger partial charge in [-0.3, -0.25) is 4.98 Å². The highest BCUT2D eigenvalue weighted by molar-refractivity contribution is 5.83. The molecule has 152 valence electrons. The molecule has 2 atom stereocenters. The fraction of sp³-hybridized carbons (Fsp3) is 0.474. The second kappa shape index (κ2) is 6.57. The Balaban J connectivity index is 1.34. The first-order valence-electron chi connectivity index (χ1n) is 9.63. The Bertz CT molecular complexity index is 1030. The van der Waals surface area contributed by atoms with Crippen molar-refractivity contribution in [3.8, 4) is 0 Å². The lowest BCUT2D eigenvalue weighted by molar-refractivity contribution is -0.141. The number of hydrogen-bond donors (Lipinski definition) is 0. The van der Waals surface area contributed by atoms with E-state index in [0.717, 1.165) is 55.8 Å². The van der Waals surface area contributed by atoms with Crippen molar-refractivity contribution in [1.29, 1.82) is 0 Å². The van der Waals surface area contributed by atoms with Gasteiger partial charge in [0.1, 0.15) is 12.0 Å². The quantitative estimate of drug-likeness (QED) is 0.670. The van der Waals surface area contributed by atoms with Crippen LogP contribution < -0.4 is 9.80 Å². The largest absolute Gasteiger partial charge is 0.433 e. The van der Waals surface area contributed by atoms with E-state index in [0.29, 0.717) is 17.5 Å². The molecule has 5 rings (SSSR count). The van der Waals surface area contributed by atoms with Crippen LogP contribution in [0.15, 0.2) is 31.0 Å². The Morgan fingerprint density at radius 1 is 1.00 bits per heavy atom. The molecule has 2 aliphatic rings. The Hall–Kier alpha value is -2.91. The van der Waals surface area contributed by atoms with Crippen molar-refractivity contribution >= 4 is 22.7 Å². The molecule has 7 nitrogen and oxygen atoms in total. The van der Waals surface area contributed by atoms with E-state index in [2.05, 4.69) is 24.8 Å². The molecule has 0 aliphatic carbocycles. The van der Waals surface area contributed by atoms with Gasteiger partial charge in [0.25, 0.3) is 0 Å². The van der Waals surface area contributed by atoms with Gasteiger partial charge in [0, 0.05) is 56.4 Å². The maximum Gasteiger partial charge on any atom is 0.433 e. The number of fused-ring (bicyclic) bond motifs is 2. The third-order valence-corrected chi connectivity index (χ3v) is 5.91. The molecule has 3 aromatic rings. The number of alkyl halides is 3. The van der Waals surface area contributed by atoms with Crippen LogP contribution in [0.1, 0.15) is 12.6 Å². The lowest BCUT2D eigenvalue weighted by Gasteiger charge is -2.24. The smallest absolute Gasteiger partial charge is 0.371 e. The van der Waals surface area contributed by atoms with Gasteiger partial charge in [0.15, 0.2) is 17.0 Å². The average Bonchev–Trinajstić information content (AvgIpc) is 3.39. The predicted molar refractivity (Wildman–Crippen MR) is 102 cm³/mol. The molecule has 5 heterocycles. The summed E-state index contributed by atoms with van der Waals surface area (Å²) in [4.78, 5) is 21.0. The van der Waals surface area contributed by atoms with E-state index in [4.69, 9.17) is 0 Å². The standard InChI is InChI=1S/C19H20F3N7/c1-2-27-11-26-16-17(27)24-10-25-18(16)29-8-12-6-28(7-13(12)9-29)14-3-4-23-15(5-14)19(20,21)22/h3-5,10-13H,2,6-9H2,1H3. The van der Waals surface area contributed by atoms with Crippen LogP contribution in [0.3, 0.4) is 0 Å². The first kappa shape index (κ1) is 18.1. The van der Waals surface area contributed by atoms with Crippen molar-refractivity contribution < 1.29 is 13.2 Å². The number of aromatic nitrogens is 5. The summed E-state index contributed by atoms with van der Waals surface area (Å²) in [7, 11) is 0. The number of rotatable bonds is 3. The van der Waals surface area contributed by atoms with Crippen molar-refractivity contribution in [1.82, 2.24) is 24.5 Å². The summed E-state index contributed by atoms with van der Waals surface area (Å²) in [5.74, 6) is 1.58. The van der Waals surface area contributed by atoms with E-state index < -0.39 is 11.9 Å².